The molecular formula is C21H21ClN2O3S. The quantitative estimate of drug-likeness (QED) is 0.604. The van der Waals surface area contributed by atoms with Crippen molar-refractivity contribution in [1.82, 2.24) is 10.3 Å². The third-order valence-corrected chi connectivity index (χ3v) is 5.67. The van der Waals surface area contributed by atoms with E-state index >= 15 is 0 Å². The van der Waals surface area contributed by atoms with Crippen molar-refractivity contribution in [1.29, 1.82) is 0 Å². The van der Waals surface area contributed by atoms with Crippen LogP contribution >= 0.6 is 11.6 Å². The number of halogens is 1. The van der Waals surface area contributed by atoms with Gasteiger partial charge in [-0.05, 0) is 31.0 Å². The second-order valence-electron chi connectivity index (χ2n) is 6.32. The molecule has 7 heteroatoms. The van der Waals surface area contributed by atoms with E-state index in [9.17, 15) is 9.00 Å². The number of nitrogens with one attached hydrogen (secondary N) is 1. The largest absolute Gasteiger partial charge is 0.441 e. The molecule has 0 fully saturated rings. The van der Waals surface area contributed by atoms with Gasteiger partial charge in [0.05, 0.1) is 22.0 Å². The molecule has 2 aromatic carbocycles. The predicted molar refractivity (Wildman–Crippen MR) is 112 cm³/mol. The van der Waals surface area contributed by atoms with Gasteiger partial charge in [-0.15, -0.1) is 0 Å². The molecule has 5 nitrogen and oxygen atoms in total. The average molecular weight is 417 g/mol. The molecule has 0 saturated heterocycles. The van der Waals surface area contributed by atoms with Crippen LogP contribution in [0.1, 0.15) is 17.0 Å². The van der Waals surface area contributed by atoms with Crippen LogP contribution in [0.3, 0.4) is 0 Å². The molecule has 3 aromatic rings. The van der Waals surface area contributed by atoms with Crippen LogP contribution in [-0.2, 0) is 27.8 Å². The van der Waals surface area contributed by atoms with Gasteiger partial charge in [0.15, 0.2) is 0 Å². The summed E-state index contributed by atoms with van der Waals surface area (Å²) in [6.45, 7) is 2.28. The number of nitrogens with zero attached hydrogens (tertiary/aromatic N) is 1. The molecule has 1 N–H and O–H groups in total. The molecule has 3 rings (SSSR count). The van der Waals surface area contributed by atoms with Crippen molar-refractivity contribution in [2.24, 2.45) is 0 Å². The van der Waals surface area contributed by atoms with Crippen molar-refractivity contribution in [3.63, 3.8) is 0 Å². The number of oxazole rings is 1. The number of carbonyl (C=O) groups is 1. The number of rotatable bonds is 8. The van der Waals surface area contributed by atoms with Crippen molar-refractivity contribution < 1.29 is 13.4 Å². The minimum atomic E-state index is -1.38. The monoisotopic (exact) mass is 416 g/mol. The van der Waals surface area contributed by atoms with Gasteiger partial charge in [0.25, 0.3) is 0 Å². The Balaban J connectivity index is 1.52. The zero-order valence-corrected chi connectivity index (χ0v) is 17.1. The summed E-state index contributed by atoms with van der Waals surface area (Å²) in [6, 6.07) is 17.1. The third-order valence-electron chi connectivity index (χ3n) is 4.17. The highest BCUT2D eigenvalue weighted by atomic mass is 35.5. The summed E-state index contributed by atoms with van der Waals surface area (Å²) in [5, 5.41) is 3.34. The first kappa shape index (κ1) is 20.3. The smallest absolute Gasteiger partial charge is 0.232 e. The van der Waals surface area contributed by atoms with Gasteiger partial charge in [-0.3, -0.25) is 9.00 Å². The fourth-order valence-electron chi connectivity index (χ4n) is 2.70. The Morgan fingerprint density at radius 2 is 1.86 bits per heavy atom. The first-order valence-electron chi connectivity index (χ1n) is 8.89. The highest BCUT2D eigenvalue weighted by Gasteiger charge is 2.17. The number of benzene rings is 2. The Hall–Kier alpha value is -2.44. The molecule has 1 amide bonds. The third kappa shape index (κ3) is 5.53. The van der Waals surface area contributed by atoms with Crippen molar-refractivity contribution >= 4 is 28.3 Å². The maximum absolute atomic E-state index is 12.4. The molecule has 1 heterocycles. The molecule has 0 saturated carbocycles. The fraction of sp³-hybridized carbons (Fsp3) is 0.238. The van der Waals surface area contributed by atoms with Gasteiger partial charge in [0, 0.05) is 17.3 Å². The van der Waals surface area contributed by atoms with Crippen LogP contribution in [0.15, 0.2) is 59.0 Å². The number of aryl methyl sites for hydroxylation is 1. The minimum Gasteiger partial charge on any atom is -0.441 e. The molecular weight excluding hydrogens is 396 g/mol. The summed E-state index contributed by atoms with van der Waals surface area (Å²) < 4.78 is 18.0. The minimum absolute atomic E-state index is 0.0669. The molecule has 1 aromatic heterocycles. The first-order valence-corrected chi connectivity index (χ1v) is 10.8. The van der Waals surface area contributed by atoms with Crippen LogP contribution in [0.2, 0.25) is 5.02 Å². The van der Waals surface area contributed by atoms with Gasteiger partial charge in [-0.2, -0.15) is 0 Å². The molecule has 0 aliphatic carbocycles. The van der Waals surface area contributed by atoms with Crippen molar-refractivity contribution in [3.8, 4) is 11.5 Å². The van der Waals surface area contributed by atoms with Crippen molar-refractivity contribution in [2.75, 3.05) is 12.3 Å². The lowest BCUT2D eigenvalue weighted by molar-refractivity contribution is -0.118. The average Bonchev–Trinajstić information content (AvgIpc) is 3.03. The summed E-state index contributed by atoms with van der Waals surface area (Å²) in [5.41, 5.74) is 2.41. The van der Waals surface area contributed by atoms with E-state index in [-0.39, 0.29) is 17.4 Å². The van der Waals surface area contributed by atoms with Crippen LogP contribution in [0, 0.1) is 6.92 Å². The Bertz CT molecular complexity index is 973. The molecule has 0 unspecified atom stereocenters. The number of hydrogen-bond donors (Lipinski definition) is 1. The highest BCUT2D eigenvalue weighted by molar-refractivity contribution is 7.84. The van der Waals surface area contributed by atoms with Gasteiger partial charge < -0.3 is 9.73 Å². The molecule has 0 bridgehead atoms. The SMILES string of the molecule is Cc1oc(-c2ccccc2Cl)nc1C[S@@](=O)CC(=O)NCCc1ccccc1. The van der Waals surface area contributed by atoms with E-state index in [0.29, 0.717) is 34.5 Å². The molecule has 0 aliphatic rings. The van der Waals surface area contributed by atoms with E-state index in [2.05, 4.69) is 10.3 Å². The van der Waals surface area contributed by atoms with Gasteiger partial charge in [-0.25, -0.2) is 4.98 Å². The molecule has 1 atom stereocenters. The van der Waals surface area contributed by atoms with Gasteiger partial charge in [0.2, 0.25) is 11.8 Å². The molecule has 0 aliphatic heterocycles. The second-order valence-corrected chi connectivity index (χ2v) is 8.18. The lowest BCUT2D eigenvalue weighted by Crippen LogP contribution is -2.30. The van der Waals surface area contributed by atoms with E-state index in [0.717, 1.165) is 12.0 Å². The van der Waals surface area contributed by atoms with Crippen LogP contribution in [0.5, 0.6) is 0 Å². The van der Waals surface area contributed by atoms with Gasteiger partial charge >= 0.3 is 0 Å². The molecule has 0 spiro atoms. The second kappa shape index (κ2) is 9.66. The van der Waals surface area contributed by atoms with E-state index < -0.39 is 10.8 Å². The highest BCUT2D eigenvalue weighted by Crippen LogP contribution is 2.28. The van der Waals surface area contributed by atoms with E-state index in [4.69, 9.17) is 16.0 Å². The maximum Gasteiger partial charge on any atom is 0.232 e. The fourth-order valence-corrected chi connectivity index (χ4v) is 3.99. The van der Waals surface area contributed by atoms with Crippen LogP contribution < -0.4 is 5.32 Å². The Labute approximate surface area is 171 Å². The Morgan fingerprint density at radius 3 is 2.61 bits per heavy atom. The lowest BCUT2D eigenvalue weighted by Gasteiger charge is -2.05. The topological polar surface area (TPSA) is 72.2 Å². The number of amides is 1. The normalized spacial score (nSPS) is 11.9. The lowest BCUT2D eigenvalue weighted by atomic mass is 10.1. The summed E-state index contributed by atoms with van der Waals surface area (Å²) in [4.78, 5) is 16.4. The van der Waals surface area contributed by atoms with Crippen LogP contribution in [0.25, 0.3) is 11.5 Å². The maximum atomic E-state index is 12.4. The molecule has 0 radical (unpaired) electrons. The van der Waals surface area contributed by atoms with Crippen LogP contribution in [-0.4, -0.2) is 27.4 Å². The number of carbonyl (C=O) groups excluding carboxylic acids is 1. The first-order chi connectivity index (χ1) is 13.5. The number of aromatic nitrogens is 1. The van der Waals surface area contributed by atoms with Crippen molar-refractivity contribution in [3.05, 3.63) is 76.6 Å². The summed E-state index contributed by atoms with van der Waals surface area (Å²) >= 11 is 6.17. The van der Waals surface area contributed by atoms with Gasteiger partial charge in [0.1, 0.15) is 11.5 Å². The summed E-state index contributed by atoms with van der Waals surface area (Å²) in [6.07, 6.45) is 0.739. The predicted octanol–water partition coefficient (Wildman–Crippen LogP) is 3.91. The Morgan fingerprint density at radius 1 is 1.14 bits per heavy atom. The Kier molecular flexibility index (Phi) is 7.01. The summed E-state index contributed by atoms with van der Waals surface area (Å²) in [5.74, 6) is 0.825. The zero-order valence-electron chi connectivity index (χ0n) is 15.5. The summed E-state index contributed by atoms with van der Waals surface area (Å²) in [7, 11) is -1.38. The molecule has 28 heavy (non-hydrogen) atoms. The van der Waals surface area contributed by atoms with E-state index in [1.165, 1.54) is 0 Å². The number of hydrogen-bond acceptors (Lipinski definition) is 4. The standard InChI is InChI=1S/C21H21ClN2O3S/c1-15-19(24-21(27-15)17-9-5-6-10-18(17)22)13-28(26)14-20(25)23-12-11-16-7-3-2-4-8-16/h2-10H,11-14H2,1H3,(H,23,25)/t28-/m1/s1. The molecule has 146 valence electrons. The zero-order chi connectivity index (χ0) is 19.9. The van der Waals surface area contributed by atoms with Crippen molar-refractivity contribution in [2.45, 2.75) is 19.1 Å². The van der Waals surface area contributed by atoms with Gasteiger partial charge in [-0.1, -0.05) is 54.1 Å². The van der Waals surface area contributed by atoms with Crippen LogP contribution in [0.4, 0.5) is 0 Å². The van der Waals surface area contributed by atoms with E-state index in [1.54, 1.807) is 13.0 Å². The van der Waals surface area contributed by atoms with E-state index in [1.807, 2.05) is 48.5 Å².